The number of anilines is 1. The van der Waals surface area contributed by atoms with Crippen molar-refractivity contribution in [3.05, 3.63) is 42.1 Å². The van der Waals surface area contributed by atoms with Gasteiger partial charge in [-0.05, 0) is 37.3 Å². The van der Waals surface area contributed by atoms with Crippen molar-refractivity contribution >= 4 is 23.3 Å². The monoisotopic (exact) mass is 248 g/mol. The predicted molar refractivity (Wildman–Crippen MR) is 68.5 cm³/mol. The summed E-state index contributed by atoms with van der Waals surface area (Å²) in [7, 11) is 0. The Morgan fingerprint density at radius 1 is 1.35 bits per heavy atom. The van der Waals surface area contributed by atoms with E-state index in [1.54, 1.807) is 18.5 Å². The molecule has 0 saturated heterocycles. The van der Waals surface area contributed by atoms with E-state index >= 15 is 0 Å². The molecule has 0 fully saturated rings. The van der Waals surface area contributed by atoms with Gasteiger partial charge in [0.05, 0.1) is 6.54 Å². The highest BCUT2D eigenvalue weighted by Crippen LogP contribution is 2.05. The number of rotatable bonds is 3. The largest absolute Gasteiger partial charge is 0.465 e. The van der Waals surface area contributed by atoms with Crippen LogP contribution in [0.25, 0.3) is 0 Å². The predicted octanol–water partition coefficient (Wildman–Crippen LogP) is 1.86. The number of furan rings is 1. The molecule has 2 aromatic rings. The molecule has 2 rings (SSSR count). The van der Waals surface area contributed by atoms with Crippen LogP contribution < -0.4 is 10.6 Å². The fraction of sp³-hybridized carbons (Fsp3) is 0.182. The van der Waals surface area contributed by atoms with Crippen molar-refractivity contribution in [1.29, 1.82) is 0 Å². The van der Waals surface area contributed by atoms with Crippen molar-refractivity contribution in [3.63, 3.8) is 0 Å². The van der Waals surface area contributed by atoms with Crippen LogP contribution in [0.5, 0.6) is 0 Å². The summed E-state index contributed by atoms with van der Waals surface area (Å²) in [6, 6.07) is 5.56. The van der Waals surface area contributed by atoms with E-state index in [1.807, 2.05) is 19.1 Å². The van der Waals surface area contributed by atoms with Crippen LogP contribution in [0.4, 0.5) is 5.95 Å². The highest BCUT2D eigenvalue weighted by atomic mass is 32.1. The zero-order chi connectivity index (χ0) is 12.1. The molecule has 0 aliphatic heterocycles. The summed E-state index contributed by atoms with van der Waals surface area (Å²) >= 11 is 5.10. The first-order chi connectivity index (χ1) is 8.24. The van der Waals surface area contributed by atoms with E-state index in [-0.39, 0.29) is 0 Å². The van der Waals surface area contributed by atoms with E-state index in [2.05, 4.69) is 20.6 Å². The van der Waals surface area contributed by atoms with Crippen molar-refractivity contribution < 1.29 is 4.42 Å². The quantitative estimate of drug-likeness (QED) is 0.808. The second-order valence-corrected chi connectivity index (χ2v) is 3.80. The van der Waals surface area contributed by atoms with E-state index in [9.17, 15) is 0 Å². The Morgan fingerprint density at radius 3 is 2.76 bits per heavy atom. The van der Waals surface area contributed by atoms with Gasteiger partial charge < -0.3 is 15.1 Å². The van der Waals surface area contributed by atoms with Crippen molar-refractivity contribution in [2.24, 2.45) is 0 Å². The standard InChI is InChI=1S/C11H12N4OS/c1-8-3-4-9(16-8)7-14-11(17)15-10-12-5-2-6-13-10/h2-6H,7H2,1H3,(H2,12,13,14,15,17). The molecule has 0 spiro atoms. The van der Waals surface area contributed by atoms with Gasteiger partial charge in [0.1, 0.15) is 11.5 Å². The van der Waals surface area contributed by atoms with Gasteiger partial charge >= 0.3 is 0 Å². The summed E-state index contributed by atoms with van der Waals surface area (Å²) in [5, 5.41) is 6.35. The third-order valence-corrected chi connectivity index (χ3v) is 2.26. The van der Waals surface area contributed by atoms with Crippen molar-refractivity contribution in [3.8, 4) is 0 Å². The van der Waals surface area contributed by atoms with Crippen LogP contribution in [-0.2, 0) is 6.54 Å². The Hall–Kier alpha value is -1.95. The fourth-order valence-corrected chi connectivity index (χ4v) is 1.42. The lowest BCUT2D eigenvalue weighted by Gasteiger charge is -2.07. The van der Waals surface area contributed by atoms with E-state index in [4.69, 9.17) is 16.6 Å². The van der Waals surface area contributed by atoms with Gasteiger partial charge in [0, 0.05) is 12.4 Å². The van der Waals surface area contributed by atoms with Gasteiger partial charge in [-0.1, -0.05) is 0 Å². The average Bonchev–Trinajstić information content (AvgIpc) is 2.74. The second kappa shape index (κ2) is 5.40. The number of aryl methyl sites for hydroxylation is 1. The highest BCUT2D eigenvalue weighted by Gasteiger charge is 2.01. The van der Waals surface area contributed by atoms with Crippen LogP contribution in [0.15, 0.2) is 35.0 Å². The molecule has 0 aliphatic rings. The summed E-state index contributed by atoms with van der Waals surface area (Å²) in [4.78, 5) is 8.01. The first kappa shape index (κ1) is 11.5. The number of hydrogen-bond acceptors (Lipinski definition) is 4. The molecule has 0 atom stereocenters. The Balaban J connectivity index is 1.82. The maximum absolute atomic E-state index is 5.40. The molecule has 5 nitrogen and oxygen atoms in total. The van der Waals surface area contributed by atoms with E-state index in [0.29, 0.717) is 17.6 Å². The highest BCUT2D eigenvalue weighted by molar-refractivity contribution is 7.80. The molecule has 2 aromatic heterocycles. The van der Waals surface area contributed by atoms with E-state index in [1.165, 1.54) is 0 Å². The third kappa shape index (κ3) is 3.53. The minimum atomic E-state index is 0.463. The minimum absolute atomic E-state index is 0.463. The van der Waals surface area contributed by atoms with E-state index < -0.39 is 0 Å². The summed E-state index contributed by atoms with van der Waals surface area (Å²) in [5.41, 5.74) is 0. The van der Waals surface area contributed by atoms with Crippen LogP contribution in [0.1, 0.15) is 11.5 Å². The molecule has 0 unspecified atom stereocenters. The molecule has 0 saturated carbocycles. The van der Waals surface area contributed by atoms with Crippen LogP contribution in [0, 0.1) is 6.92 Å². The molecular formula is C11H12N4OS. The third-order valence-electron chi connectivity index (χ3n) is 2.01. The maximum Gasteiger partial charge on any atom is 0.228 e. The summed E-state index contributed by atoms with van der Waals surface area (Å²) in [6.45, 7) is 2.43. The number of aromatic nitrogens is 2. The van der Waals surface area contributed by atoms with Crippen LogP contribution in [0.2, 0.25) is 0 Å². The lowest BCUT2D eigenvalue weighted by molar-refractivity contribution is 0.478. The van der Waals surface area contributed by atoms with Crippen molar-refractivity contribution in [2.45, 2.75) is 13.5 Å². The summed E-state index contributed by atoms with van der Waals surface area (Å²) in [6.07, 6.45) is 3.29. The Kier molecular flexibility index (Phi) is 3.66. The normalized spacial score (nSPS) is 9.94. The van der Waals surface area contributed by atoms with Gasteiger partial charge in [-0.2, -0.15) is 0 Å². The SMILES string of the molecule is Cc1ccc(CNC(=S)Nc2ncccn2)o1. The Labute approximate surface area is 104 Å². The molecule has 0 aliphatic carbocycles. The van der Waals surface area contributed by atoms with Gasteiger partial charge in [0.25, 0.3) is 0 Å². The first-order valence-electron chi connectivity index (χ1n) is 5.11. The minimum Gasteiger partial charge on any atom is -0.465 e. The van der Waals surface area contributed by atoms with Crippen molar-refractivity contribution in [2.75, 3.05) is 5.32 Å². The Bertz CT molecular complexity index is 497. The lowest BCUT2D eigenvalue weighted by atomic mass is 10.4. The molecule has 2 N–H and O–H groups in total. The van der Waals surface area contributed by atoms with Crippen LogP contribution in [-0.4, -0.2) is 15.1 Å². The zero-order valence-electron chi connectivity index (χ0n) is 9.30. The number of thiocarbonyl (C=S) groups is 1. The van der Waals surface area contributed by atoms with Gasteiger partial charge in [-0.15, -0.1) is 0 Å². The van der Waals surface area contributed by atoms with Gasteiger partial charge in [0.15, 0.2) is 5.11 Å². The van der Waals surface area contributed by atoms with Gasteiger partial charge in [0.2, 0.25) is 5.95 Å². The molecule has 0 aromatic carbocycles. The molecule has 88 valence electrons. The molecule has 0 radical (unpaired) electrons. The smallest absolute Gasteiger partial charge is 0.228 e. The number of hydrogen-bond donors (Lipinski definition) is 2. The number of nitrogens with zero attached hydrogens (tertiary/aromatic N) is 2. The molecule has 17 heavy (non-hydrogen) atoms. The summed E-state index contributed by atoms with van der Waals surface area (Å²) in [5.74, 6) is 2.19. The fourth-order valence-electron chi connectivity index (χ4n) is 1.26. The molecule has 0 bridgehead atoms. The van der Waals surface area contributed by atoms with Gasteiger partial charge in [-0.3, -0.25) is 0 Å². The summed E-state index contributed by atoms with van der Waals surface area (Å²) < 4.78 is 5.40. The molecular weight excluding hydrogens is 236 g/mol. The zero-order valence-corrected chi connectivity index (χ0v) is 10.1. The lowest BCUT2D eigenvalue weighted by Crippen LogP contribution is -2.28. The topological polar surface area (TPSA) is 63.0 Å². The molecule has 2 heterocycles. The first-order valence-corrected chi connectivity index (χ1v) is 5.52. The maximum atomic E-state index is 5.40. The second-order valence-electron chi connectivity index (χ2n) is 3.39. The van der Waals surface area contributed by atoms with Crippen LogP contribution in [0.3, 0.4) is 0 Å². The van der Waals surface area contributed by atoms with E-state index in [0.717, 1.165) is 11.5 Å². The van der Waals surface area contributed by atoms with Crippen LogP contribution >= 0.6 is 12.2 Å². The number of nitrogens with one attached hydrogen (secondary N) is 2. The van der Waals surface area contributed by atoms with Crippen molar-refractivity contribution in [1.82, 2.24) is 15.3 Å². The average molecular weight is 248 g/mol. The molecule has 6 heteroatoms. The molecule has 0 amide bonds. The van der Waals surface area contributed by atoms with Gasteiger partial charge in [-0.25, -0.2) is 9.97 Å². The Morgan fingerprint density at radius 2 is 2.12 bits per heavy atom.